The summed E-state index contributed by atoms with van der Waals surface area (Å²) in [7, 11) is 0. The molecule has 24 heavy (non-hydrogen) atoms. The number of allylic oxidation sites excluding steroid dienone is 1. The number of aliphatic carboxylic acids is 1. The third-order valence-electron chi connectivity index (χ3n) is 6.15. The van der Waals surface area contributed by atoms with Crippen LogP contribution in [0.15, 0.2) is 29.0 Å². The van der Waals surface area contributed by atoms with Gasteiger partial charge in [0.15, 0.2) is 0 Å². The Morgan fingerprint density at radius 2 is 2.04 bits per heavy atom. The summed E-state index contributed by atoms with van der Waals surface area (Å²) < 4.78 is 0. The highest BCUT2D eigenvalue weighted by Gasteiger charge is 2.51. The van der Waals surface area contributed by atoms with Crippen LogP contribution in [0, 0.1) is 23.7 Å². The zero-order valence-electron chi connectivity index (χ0n) is 14.2. The maximum atomic E-state index is 10.7. The fourth-order valence-corrected chi connectivity index (χ4v) is 4.92. The summed E-state index contributed by atoms with van der Waals surface area (Å²) in [4.78, 5) is 10.5. The van der Waals surface area contributed by atoms with Crippen LogP contribution < -0.4 is 0 Å². The highest BCUT2D eigenvalue weighted by atomic mass is 16.4. The second-order valence-corrected chi connectivity index (χ2v) is 7.48. The summed E-state index contributed by atoms with van der Waals surface area (Å²) in [6.45, 7) is 0.0577. The average molecular weight is 332 g/mol. The van der Waals surface area contributed by atoms with Crippen LogP contribution in [0.3, 0.4) is 0 Å². The molecule has 3 fully saturated rings. The zero-order valence-corrected chi connectivity index (χ0v) is 14.2. The number of hydrogen-bond acceptors (Lipinski definition) is 3. The molecule has 0 radical (unpaired) electrons. The number of aliphatic hydroxyl groups excluding tert-OH is 2. The lowest BCUT2D eigenvalue weighted by molar-refractivity contribution is -0.136. The van der Waals surface area contributed by atoms with Crippen LogP contribution in [0.5, 0.6) is 0 Å². The van der Waals surface area contributed by atoms with E-state index < -0.39 is 5.97 Å². The van der Waals surface area contributed by atoms with Gasteiger partial charge in [-0.25, -0.2) is 0 Å². The molecular formula is C20H28O4. The molecule has 0 aromatic rings. The standard InChI is InChI=1S/C20H28O4/c21-10-9-15(13-5-1-2-6-13)18-12-16-14(11-17(16)20(18)24)7-3-4-8-19(22)23/h3,9,13,16-18,20-21,24H,1-2,4-6,8,10-12H2,(H,22,23)/b15-9+/t7?,16-,17+,18-,20+/m0/s1. The number of carboxylic acids is 1. The molecule has 3 rings (SSSR count). The molecule has 0 aliphatic heterocycles. The van der Waals surface area contributed by atoms with Crippen molar-refractivity contribution in [2.24, 2.45) is 23.7 Å². The maximum Gasteiger partial charge on any atom is 0.303 e. The van der Waals surface area contributed by atoms with Gasteiger partial charge in [-0.05, 0) is 61.5 Å². The molecule has 0 saturated heterocycles. The first-order valence-electron chi connectivity index (χ1n) is 9.26. The van der Waals surface area contributed by atoms with Crippen molar-refractivity contribution < 1.29 is 20.1 Å². The molecule has 4 nitrogen and oxygen atoms in total. The number of hydrogen-bond donors (Lipinski definition) is 3. The molecule has 0 amide bonds. The van der Waals surface area contributed by atoms with Crippen LogP contribution in [0.2, 0.25) is 0 Å². The largest absolute Gasteiger partial charge is 0.481 e. The van der Waals surface area contributed by atoms with E-state index >= 15 is 0 Å². The van der Waals surface area contributed by atoms with Gasteiger partial charge in [0.05, 0.1) is 12.7 Å². The van der Waals surface area contributed by atoms with E-state index in [0.29, 0.717) is 24.2 Å². The first-order valence-corrected chi connectivity index (χ1v) is 9.26. The van der Waals surface area contributed by atoms with E-state index in [2.05, 4.69) is 5.73 Å². The summed E-state index contributed by atoms with van der Waals surface area (Å²) in [6.07, 6.45) is 10.8. The molecule has 132 valence electrons. The monoisotopic (exact) mass is 332 g/mol. The smallest absolute Gasteiger partial charge is 0.303 e. The molecule has 3 saturated carbocycles. The Morgan fingerprint density at radius 3 is 2.71 bits per heavy atom. The second-order valence-electron chi connectivity index (χ2n) is 7.48. The molecule has 4 atom stereocenters. The number of aliphatic hydroxyl groups is 2. The van der Waals surface area contributed by atoms with Crippen molar-refractivity contribution in [1.82, 2.24) is 0 Å². The number of fused-ring (bicyclic) bond motifs is 1. The first kappa shape index (κ1) is 17.5. The van der Waals surface area contributed by atoms with E-state index in [9.17, 15) is 15.0 Å². The molecule has 0 bridgehead atoms. The van der Waals surface area contributed by atoms with E-state index in [4.69, 9.17) is 5.11 Å². The van der Waals surface area contributed by atoms with Gasteiger partial charge in [0.2, 0.25) is 0 Å². The zero-order chi connectivity index (χ0) is 17.1. The minimum Gasteiger partial charge on any atom is -0.481 e. The van der Waals surface area contributed by atoms with E-state index in [0.717, 1.165) is 12.8 Å². The number of rotatable bonds is 6. The van der Waals surface area contributed by atoms with Crippen molar-refractivity contribution in [2.45, 2.75) is 57.5 Å². The first-order chi connectivity index (χ1) is 11.6. The molecule has 0 spiro atoms. The molecule has 0 aromatic carbocycles. The Balaban J connectivity index is 1.67. The average Bonchev–Trinajstić information content (AvgIpc) is 3.13. The lowest BCUT2D eigenvalue weighted by atomic mass is 9.71. The number of carbonyl (C=O) groups is 1. The molecule has 0 aromatic heterocycles. The van der Waals surface area contributed by atoms with Crippen molar-refractivity contribution in [1.29, 1.82) is 0 Å². The molecule has 3 N–H and O–H groups in total. The van der Waals surface area contributed by atoms with Crippen molar-refractivity contribution in [3.8, 4) is 0 Å². The van der Waals surface area contributed by atoms with Gasteiger partial charge in [-0.3, -0.25) is 4.79 Å². The van der Waals surface area contributed by atoms with E-state index in [1.807, 2.05) is 12.2 Å². The van der Waals surface area contributed by atoms with Gasteiger partial charge in [-0.15, -0.1) is 5.73 Å². The Morgan fingerprint density at radius 1 is 1.29 bits per heavy atom. The molecule has 0 heterocycles. The minimum absolute atomic E-state index is 0.0577. The fourth-order valence-electron chi connectivity index (χ4n) is 4.92. The van der Waals surface area contributed by atoms with Crippen LogP contribution in [-0.4, -0.2) is 34.0 Å². The van der Waals surface area contributed by atoms with Crippen LogP contribution in [-0.2, 0) is 4.79 Å². The summed E-state index contributed by atoms with van der Waals surface area (Å²) >= 11 is 0. The normalized spacial score (nSPS) is 33.1. The van der Waals surface area contributed by atoms with Gasteiger partial charge in [0.25, 0.3) is 0 Å². The van der Waals surface area contributed by atoms with Crippen LogP contribution >= 0.6 is 0 Å². The molecule has 0 unspecified atom stereocenters. The van der Waals surface area contributed by atoms with Gasteiger partial charge in [0, 0.05) is 12.3 Å². The van der Waals surface area contributed by atoms with Gasteiger partial charge >= 0.3 is 5.97 Å². The van der Waals surface area contributed by atoms with Crippen molar-refractivity contribution in [3.05, 3.63) is 29.0 Å². The van der Waals surface area contributed by atoms with Crippen molar-refractivity contribution >= 4 is 5.97 Å². The molecule has 3 aliphatic carbocycles. The summed E-state index contributed by atoms with van der Waals surface area (Å²) in [5.41, 5.74) is 5.80. The maximum absolute atomic E-state index is 10.7. The fraction of sp³-hybridized carbons (Fsp3) is 0.700. The molecule has 3 aliphatic rings. The quantitative estimate of drug-likeness (QED) is 0.516. The highest BCUT2D eigenvalue weighted by Crippen LogP contribution is 2.56. The van der Waals surface area contributed by atoms with Crippen LogP contribution in [0.4, 0.5) is 0 Å². The Labute approximate surface area is 143 Å². The minimum atomic E-state index is -0.781. The summed E-state index contributed by atoms with van der Waals surface area (Å²) in [5, 5.41) is 28.8. The highest BCUT2D eigenvalue weighted by molar-refractivity contribution is 5.66. The molecule has 4 heteroatoms. The topological polar surface area (TPSA) is 77.8 Å². The van der Waals surface area contributed by atoms with Crippen molar-refractivity contribution in [3.63, 3.8) is 0 Å². The Bertz CT molecular complexity index is 564. The third-order valence-corrected chi connectivity index (χ3v) is 6.15. The predicted molar refractivity (Wildman–Crippen MR) is 91.3 cm³/mol. The van der Waals surface area contributed by atoms with Crippen molar-refractivity contribution in [2.75, 3.05) is 6.61 Å². The van der Waals surface area contributed by atoms with E-state index in [-0.39, 0.29) is 25.0 Å². The van der Waals surface area contributed by atoms with Gasteiger partial charge in [0.1, 0.15) is 0 Å². The predicted octanol–water partition coefficient (Wildman–Crippen LogP) is 3.06. The second kappa shape index (κ2) is 7.69. The third kappa shape index (κ3) is 3.51. The Hall–Kier alpha value is -1.35. The number of carboxylic acid groups (broad SMARTS) is 1. The Kier molecular flexibility index (Phi) is 5.60. The van der Waals surface area contributed by atoms with E-state index in [1.165, 1.54) is 36.8 Å². The van der Waals surface area contributed by atoms with Gasteiger partial charge in [-0.2, -0.15) is 0 Å². The summed E-state index contributed by atoms with van der Waals surface area (Å²) in [5.74, 6) is 0.626. The van der Waals surface area contributed by atoms with Gasteiger partial charge < -0.3 is 15.3 Å². The summed E-state index contributed by atoms with van der Waals surface area (Å²) in [6, 6.07) is 0. The lowest BCUT2D eigenvalue weighted by Gasteiger charge is -2.34. The van der Waals surface area contributed by atoms with Crippen LogP contribution in [0.1, 0.15) is 51.4 Å². The van der Waals surface area contributed by atoms with Gasteiger partial charge in [-0.1, -0.05) is 24.5 Å². The van der Waals surface area contributed by atoms with Crippen LogP contribution in [0.25, 0.3) is 0 Å². The van der Waals surface area contributed by atoms with E-state index in [1.54, 1.807) is 0 Å². The lowest BCUT2D eigenvalue weighted by Crippen LogP contribution is -2.32. The molecular weight excluding hydrogens is 304 g/mol. The SMILES string of the molecule is O=C(O)CCC=C=C1C[C@H]2[C@@H](O)[C@H](/C(=C/CO)C3CCCC3)C[C@@H]12.